The first-order valence-electron chi connectivity index (χ1n) is 10.4. The van der Waals surface area contributed by atoms with Crippen LogP contribution in [0.4, 0.5) is 5.69 Å². The zero-order valence-electron chi connectivity index (χ0n) is 16.5. The number of nitrogens with zero attached hydrogens (tertiary/aromatic N) is 2. The summed E-state index contributed by atoms with van der Waals surface area (Å²) in [6.45, 7) is 2.72. The lowest BCUT2D eigenvalue weighted by molar-refractivity contribution is 0.0921. The van der Waals surface area contributed by atoms with Gasteiger partial charge in [0.2, 0.25) is 0 Å². The van der Waals surface area contributed by atoms with Crippen molar-refractivity contribution in [3.8, 4) is 0 Å². The van der Waals surface area contributed by atoms with Gasteiger partial charge in [0.05, 0.1) is 5.69 Å². The van der Waals surface area contributed by atoms with Crippen molar-refractivity contribution in [2.45, 2.75) is 70.9 Å². The van der Waals surface area contributed by atoms with Crippen molar-refractivity contribution in [2.24, 2.45) is 0 Å². The highest BCUT2D eigenvalue weighted by Gasteiger charge is 2.28. The number of imidazole rings is 1. The highest BCUT2D eigenvalue weighted by Crippen LogP contribution is 2.23. The fourth-order valence-electron chi connectivity index (χ4n) is 4.31. The zero-order chi connectivity index (χ0) is 19.5. The van der Waals surface area contributed by atoms with E-state index in [1.807, 2.05) is 35.8 Å². The molecule has 1 fully saturated rings. The van der Waals surface area contributed by atoms with Crippen LogP contribution in [-0.4, -0.2) is 27.4 Å². The Morgan fingerprint density at radius 3 is 2.68 bits per heavy atom. The van der Waals surface area contributed by atoms with Crippen LogP contribution in [0.2, 0.25) is 0 Å². The maximum atomic E-state index is 12.9. The molecule has 0 spiro atoms. The van der Waals surface area contributed by atoms with Gasteiger partial charge in [0.1, 0.15) is 5.69 Å². The number of nitrogens with one attached hydrogen (secondary N) is 2. The summed E-state index contributed by atoms with van der Waals surface area (Å²) in [5.41, 5.74) is 3.15. The first kappa shape index (κ1) is 18.7. The van der Waals surface area contributed by atoms with E-state index in [0.29, 0.717) is 11.5 Å². The van der Waals surface area contributed by atoms with Gasteiger partial charge in [-0.1, -0.05) is 31.4 Å². The van der Waals surface area contributed by atoms with Crippen molar-refractivity contribution >= 4 is 17.5 Å². The summed E-state index contributed by atoms with van der Waals surface area (Å²) in [5.74, 6) is -0.0531. The summed E-state index contributed by atoms with van der Waals surface area (Å²) >= 11 is 0. The van der Waals surface area contributed by atoms with Gasteiger partial charge < -0.3 is 15.2 Å². The molecule has 0 radical (unpaired) electrons. The molecule has 6 heteroatoms. The van der Waals surface area contributed by atoms with E-state index in [2.05, 4.69) is 15.6 Å². The van der Waals surface area contributed by atoms with Crippen LogP contribution in [0.25, 0.3) is 0 Å². The second-order valence-corrected chi connectivity index (χ2v) is 7.97. The second kappa shape index (κ2) is 8.17. The van der Waals surface area contributed by atoms with Crippen molar-refractivity contribution in [3.05, 3.63) is 47.0 Å². The van der Waals surface area contributed by atoms with E-state index in [9.17, 15) is 9.59 Å². The molecular formula is C22H28N4O2. The third kappa shape index (κ3) is 3.96. The van der Waals surface area contributed by atoms with Gasteiger partial charge in [-0.3, -0.25) is 9.59 Å². The topological polar surface area (TPSA) is 76.0 Å². The zero-order valence-corrected chi connectivity index (χ0v) is 16.5. The molecule has 2 aliphatic rings. The molecule has 0 bridgehead atoms. The Morgan fingerprint density at radius 2 is 1.89 bits per heavy atom. The van der Waals surface area contributed by atoms with E-state index in [1.165, 1.54) is 6.42 Å². The van der Waals surface area contributed by atoms with Gasteiger partial charge in [-0.15, -0.1) is 0 Å². The van der Waals surface area contributed by atoms with Gasteiger partial charge in [-0.25, -0.2) is 4.98 Å². The lowest BCUT2D eigenvalue weighted by atomic mass is 9.95. The molecule has 1 aromatic carbocycles. The summed E-state index contributed by atoms with van der Waals surface area (Å²) in [6, 6.07) is 7.92. The Labute approximate surface area is 165 Å². The number of aromatic nitrogens is 2. The van der Waals surface area contributed by atoms with Crippen LogP contribution in [0, 0.1) is 6.92 Å². The summed E-state index contributed by atoms with van der Waals surface area (Å²) in [7, 11) is 0. The van der Waals surface area contributed by atoms with Gasteiger partial charge in [-0.05, 0) is 56.7 Å². The van der Waals surface area contributed by atoms with Crippen LogP contribution >= 0.6 is 0 Å². The Morgan fingerprint density at radius 1 is 1.07 bits per heavy atom. The van der Waals surface area contributed by atoms with Crippen LogP contribution in [0.1, 0.15) is 77.3 Å². The van der Waals surface area contributed by atoms with Crippen LogP contribution in [-0.2, 0) is 13.0 Å². The number of benzene rings is 1. The second-order valence-electron chi connectivity index (χ2n) is 7.97. The third-order valence-electron chi connectivity index (χ3n) is 5.75. The van der Waals surface area contributed by atoms with Gasteiger partial charge in [0.25, 0.3) is 11.8 Å². The minimum atomic E-state index is -0.259. The number of aryl methyl sites for hydroxylation is 1. The minimum absolute atomic E-state index is 0.132. The van der Waals surface area contributed by atoms with Crippen LogP contribution in [0.3, 0.4) is 0 Å². The fraction of sp³-hybridized carbons (Fsp3) is 0.500. The number of carbonyl (C=O) groups is 2. The van der Waals surface area contributed by atoms with Gasteiger partial charge in [0, 0.05) is 18.3 Å². The maximum Gasteiger partial charge on any atom is 0.291 e. The number of amides is 2. The molecule has 1 aliphatic heterocycles. The van der Waals surface area contributed by atoms with Crippen LogP contribution < -0.4 is 10.6 Å². The van der Waals surface area contributed by atoms with Gasteiger partial charge in [0.15, 0.2) is 5.82 Å². The third-order valence-corrected chi connectivity index (χ3v) is 5.75. The number of hydrogen-bond acceptors (Lipinski definition) is 3. The van der Waals surface area contributed by atoms with Crippen molar-refractivity contribution in [1.29, 1.82) is 0 Å². The van der Waals surface area contributed by atoms with E-state index >= 15 is 0 Å². The molecular weight excluding hydrogens is 352 g/mol. The van der Waals surface area contributed by atoms with Crippen molar-refractivity contribution in [2.75, 3.05) is 5.32 Å². The van der Waals surface area contributed by atoms with Gasteiger partial charge >= 0.3 is 0 Å². The normalized spacial score (nSPS) is 17.0. The van der Waals surface area contributed by atoms with E-state index < -0.39 is 0 Å². The average molecular weight is 380 g/mol. The van der Waals surface area contributed by atoms with E-state index in [0.717, 1.165) is 68.4 Å². The van der Waals surface area contributed by atoms with Crippen molar-refractivity contribution < 1.29 is 9.59 Å². The molecule has 0 saturated heterocycles. The number of fused-ring (bicyclic) bond motifs is 1. The molecule has 2 amide bonds. The standard InChI is InChI=1S/C22H28N4O2/c1-15-8-7-11-17(14-15)24-22(28)20-25-19(18-12-5-6-13-26(18)20)21(27)23-16-9-3-2-4-10-16/h7-8,11,14,16H,2-6,9-10,12-13H2,1H3,(H,23,27)(H,24,28). The number of anilines is 1. The summed E-state index contributed by atoms with van der Waals surface area (Å²) in [4.78, 5) is 30.3. The Balaban J connectivity index is 1.57. The summed E-state index contributed by atoms with van der Waals surface area (Å²) in [5, 5.41) is 6.08. The van der Waals surface area contributed by atoms with E-state index in [1.54, 1.807) is 0 Å². The van der Waals surface area contributed by atoms with Crippen molar-refractivity contribution in [1.82, 2.24) is 14.9 Å². The molecule has 1 saturated carbocycles. The summed E-state index contributed by atoms with van der Waals surface area (Å²) in [6.07, 6.45) is 8.44. The highest BCUT2D eigenvalue weighted by molar-refractivity contribution is 6.03. The van der Waals surface area contributed by atoms with E-state index in [-0.39, 0.29) is 17.9 Å². The molecule has 0 unspecified atom stereocenters. The highest BCUT2D eigenvalue weighted by atomic mass is 16.2. The molecule has 1 aromatic heterocycles. The maximum absolute atomic E-state index is 12.9. The first-order valence-corrected chi connectivity index (χ1v) is 10.4. The minimum Gasteiger partial charge on any atom is -0.348 e. The average Bonchev–Trinajstić information content (AvgIpc) is 3.09. The molecule has 6 nitrogen and oxygen atoms in total. The first-order chi connectivity index (χ1) is 13.6. The number of rotatable bonds is 4. The molecule has 2 N–H and O–H groups in total. The lowest BCUT2D eigenvalue weighted by Gasteiger charge is -2.23. The molecule has 148 valence electrons. The van der Waals surface area contributed by atoms with Gasteiger partial charge in [-0.2, -0.15) is 0 Å². The smallest absolute Gasteiger partial charge is 0.291 e. The molecule has 2 heterocycles. The quantitative estimate of drug-likeness (QED) is 0.846. The monoisotopic (exact) mass is 380 g/mol. The van der Waals surface area contributed by atoms with E-state index in [4.69, 9.17) is 0 Å². The van der Waals surface area contributed by atoms with Crippen LogP contribution in [0.5, 0.6) is 0 Å². The fourth-order valence-corrected chi connectivity index (χ4v) is 4.31. The predicted octanol–water partition coefficient (Wildman–Crippen LogP) is 3.84. The largest absolute Gasteiger partial charge is 0.348 e. The Bertz CT molecular complexity index is 881. The lowest BCUT2D eigenvalue weighted by Crippen LogP contribution is -2.37. The Kier molecular flexibility index (Phi) is 5.46. The number of hydrogen-bond donors (Lipinski definition) is 2. The van der Waals surface area contributed by atoms with Crippen molar-refractivity contribution in [3.63, 3.8) is 0 Å². The molecule has 1 aliphatic carbocycles. The molecule has 28 heavy (non-hydrogen) atoms. The Hall–Kier alpha value is -2.63. The summed E-state index contributed by atoms with van der Waals surface area (Å²) < 4.78 is 1.93. The molecule has 4 rings (SSSR count). The number of carbonyl (C=O) groups excluding carboxylic acids is 2. The SMILES string of the molecule is Cc1cccc(NC(=O)c2nc(C(=O)NC3CCCCC3)c3n2CCCC3)c1. The predicted molar refractivity (Wildman–Crippen MR) is 109 cm³/mol. The van der Waals surface area contributed by atoms with Crippen LogP contribution in [0.15, 0.2) is 24.3 Å². The molecule has 0 atom stereocenters. The molecule has 2 aromatic rings.